The SMILES string of the molecule is COc1cccc(C(=O)N2CCC(C(NC(=O)c3ccccc3)C(=O)NC(C)C(C)C)CC2)c1. The smallest absolute Gasteiger partial charge is 0.253 e. The first-order valence-electron chi connectivity index (χ1n) is 11.9. The Balaban J connectivity index is 1.70. The van der Waals surface area contributed by atoms with Crippen molar-refractivity contribution in [3.63, 3.8) is 0 Å². The number of rotatable bonds is 8. The molecule has 0 aromatic heterocycles. The summed E-state index contributed by atoms with van der Waals surface area (Å²) < 4.78 is 5.23. The van der Waals surface area contributed by atoms with Crippen LogP contribution in [0.25, 0.3) is 0 Å². The van der Waals surface area contributed by atoms with Crippen molar-refractivity contribution >= 4 is 17.7 Å². The molecule has 2 aromatic carbocycles. The number of likely N-dealkylation sites (tertiary alicyclic amines) is 1. The van der Waals surface area contributed by atoms with Crippen LogP contribution in [0, 0.1) is 11.8 Å². The highest BCUT2D eigenvalue weighted by atomic mass is 16.5. The molecule has 2 N–H and O–H groups in total. The van der Waals surface area contributed by atoms with E-state index in [1.165, 1.54) is 0 Å². The molecule has 7 heteroatoms. The van der Waals surface area contributed by atoms with Gasteiger partial charge in [0.1, 0.15) is 11.8 Å². The molecule has 34 heavy (non-hydrogen) atoms. The predicted octanol–water partition coefficient (Wildman–Crippen LogP) is 3.51. The van der Waals surface area contributed by atoms with Crippen LogP contribution in [-0.4, -0.2) is 54.9 Å². The summed E-state index contributed by atoms with van der Waals surface area (Å²) in [4.78, 5) is 40.9. The number of piperidine rings is 1. The maximum absolute atomic E-state index is 13.2. The zero-order chi connectivity index (χ0) is 24.7. The lowest BCUT2D eigenvalue weighted by atomic mass is 9.87. The fraction of sp³-hybridized carbons (Fsp3) is 0.444. The normalized spacial score (nSPS) is 16.0. The highest BCUT2D eigenvalue weighted by Crippen LogP contribution is 2.24. The topological polar surface area (TPSA) is 87.7 Å². The molecule has 1 aliphatic rings. The molecule has 2 aromatic rings. The minimum Gasteiger partial charge on any atom is -0.497 e. The standard InChI is InChI=1S/C27H35N3O4/c1-18(2)19(3)28-26(32)24(29-25(31)21-9-6-5-7-10-21)20-13-15-30(16-14-20)27(33)22-11-8-12-23(17-22)34-4/h5-12,17-20,24H,13-16H2,1-4H3,(H,28,32)(H,29,31). The average molecular weight is 466 g/mol. The summed E-state index contributed by atoms with van der Waals surface area (Å²) in [5, 5.41) is 6.02. The molecule has 0 saturated carbocycles. The molecule has 1 aliphatic heterocycles. The fourth-order valence-electron chi connectivity index (χ4n) is 4.07. The average Bonchev–Trinajstić information content (AvgIpc) is 2.87. The van der Waals surface area contributed by atoms with Crippen molar-refractivity contribution in [3.05, 3.63) is 65.7 Å². The number of amides is 3. The van der Waals surface area contributed by atoms with Gasteiger partial charge in [0, 0.05) is 30.3 Å². The first kappa shape index (κ1) is 25.3. The molecular formula is C27H35N3O4. The van der Waals surface area contributed by atoms with Crippen LogP contribution in [-0.2, 0) is 4.79 Å². The van der Waals surface area contributed by atoms with Crippen molar-refractivity contribution in [1.29, 1.82) is 0 Å². The summed E-state index contributed by atoms with van der Waals surface area (Å²) in [7, 11) is 1.57. The van der Waals surface area contributed by atoms with Crippen molar-refractivity contribution in [3.8, 4) is 5.75 Å². The zero-order valence-corrected chi connectivity index (χ0v) is 20.4. The summed E-state index contributed by atoms with van der Waals surface area (Å²) in [6, 6.07) is 15.3. The molecule has 1 saturated heterocycles. The molecule has 7 nitrogen and oxygen atoms in total. The highest BCUT2D eigenvalue weighted by Gasteiger charge is 2.35. The fourth-order valence-corrected chi connectivity index (χ4v) is 4.07. The van der Waals surface area contributed by atoms with E-state index in [0.29, 0.717) is 42.8 Å². The quantitative estimate of drug-likeness (QED) is 0.625. The second kappa shape index (κ2) is 11.7. The van der Waals surface area contributed by atoms with Crippen molar-refractivity contribution in [2.24, 2.45) is 11.8 Å². The lowest BCUT2D eigenvalue weighted by Crippen LogP contribution is -2.55. The lowest BCUT2D eigenvalue weighted by molar-refractivity contribution is -0.125. The summed E-state index contributed by atoms with van der Waals surface area (Å²) >= 11 is 0. The van der Waals surface area contributed by atoms with E-state index in [1.807, 2.05) is 26.8 Å². The Kier molecular flexibility index (Phi) is 8.68. The Labute approximate surface area is 201 Å². The van der Waals surface area contributed by atoms with Crippen molar-refractivity contribution < 1.29 is 19.1 Å². The molecule has 0 radical (unpaired) electrons. The number of hydrogen-bond donors (Lipinski definition) is 2. The maximum Gasteiger partial charge on any atom is 0.253 e. The summed E-state index contributed by atoms with van der Waals surface area (Å²) in [5.41, 5.74) is 1.10. The third kappa shape index (κ3) is 6.37. The minimum atomic E-state index is -0.664. The van der Waals surface area contributed by atoms with Crippen LogP contribution in [0.4, 0.5) is 0 Å². The number of ether oxygens (including phenoxy) is 1. The summed E-state index contributed by atoms with van der Waals surface area (Å²) in [6.45, 7) is 7.10. The Bertz CT molecular complexity index is 984. The monoisotopic (exact) mass is 465 g/mol. The van der Waals surface area contributed by atoms with E-state index in [-0.39, 0.29) is 35.6 Å². The van der Waals surface area contributed by atoms with E-state index >= 15 is 0 Å². The van der Waals surface area contributed by atoms with Crippen LogP contribution >= 0.6 is 0 Å². The van der Waals surface area contributed by atoms with Gasteiger partial charge in [-0.05, 0) is 61.9 Å². The Morgan fingerprint density at radius 2 is 1.56 bits per heavy atom. The van der Waals surface area contributed by atoms with E-state index < -0.39 is 6.04 Å². The molecule has 2 unspecified atom stereocenters. The molecule has 0 spiro atoms. The third-order valence-corrected chi connectivity index (χ3v) is 6.59. The first-order valence-corrected chi connectivity index (χ1v) is 11.9. The van der Waals surface area contributed by atoms with Gasteiger partial charge in [0.05, 0.1) is 7.11 Å². The number of nitrogens with zero attached hydrogens (tertiary/aromatic N) is 1. The van der Waals surface area contributed by atoms with Gasteiger partial charge >= 0.3 is 0 Å². The number of hydrogen-bond acceptors (Lipinski definition) is 4. The molecule has 2 atom stereocenters. The van der Waals surface area contributed by atoms with Gasteiger partial charge in [0.2, 0.25) is 5.91 Å². The molecule has 0 bridgehead atoms. The first-order chi connectivity index (χ1) is 16.3. The summed E-state index contributed by atoms with van der Waals surface area (Å²) in [6.07, 6.45) is 1.25. The third-order valence-electron chi connectivity index (χ3n) is 6.59. The minimum absolute atomic E-state index is 0.0154. The van der Waals surface area contributed by atoms with Crippen molar-refractivity contribution in [2.45, 2.75) is 45.7 Å². The Morgan fingerprint density at radius 1 is 0.912 bits per heavy atom. The van der Waals surface area contributed by atoms with Crippen LogP contribution in [0.1, 0.15) is 54.3 Å². The van der Waals surface area contributed by atoms with E-state index in [1.54, 1.807) is 60.5 Å². The molecule has 3 amide bonds. The number of nitrogens with one attached hydrogen (secondary N) is 2. The van der Waals surface area contributed by atoms with Crippen LogP contribution in [0.3, 0.4) is 0 Å². The van der Waals surface area contributed by atoms with Crippen molar-refractivity contribution in [1.82, 2.24) is 15.5 Å². The molecule has 0 aliphatic carbocycles. The van der Waals surface area contributed by atoms with Gasteiger partial charge in [-0.15, -0.1) is 0 Å². The molecule has 1 heterocycles. The zero-order valence-electron chi connectivity index (χ0n) is 20.4. The van der Waals surface area contributed by atoms with E-state index in [2.05, 4.69) is 10.6 Å². The Morgan fingerprint density at radius 3 is 2.18 bits per heavy atom. The molecule has 182 valence electrons. The van der Waals surface area contributed by atoms with Gasteiger partial charge in [-0.25, -0.2) is 0 Å². The van der Waals surface area contributed by atoms with E-state index in [9.17, 15) is 14.4 Å². The van der Waals surface area contributed by atoms with Gasteiger partial charge < -0.3 is 20.3 Å². The Hall–Kier alpha value is -3.35. The lowest BCUT2D eigenvalue weighted by Gasteiger charge is -2.36. The van der Waals surface area contributed by atoms with E-state index in [0.717, 1.165) is 0 Å². The number of benzene rings is 2. The van der Waals surface area contributed by atoms with Gasteiger partial charge in [-0.2, -0.15) is 0 Å². The van der Waals surface area contributed by atoms with Crippen molar-refractivity contribution in [2.75, 3.05) is 20.2 Å². The number of methoxy groups -OCH3 is 1. The van der Waals surface area contributed by atoms with Gasteiger partial charge in [-0.1, -0.05) is 38.1 Å². The van der Waals surface area contributed by atoms with Gasteiger partial charge in [0.15, 0.2) is 0 Å². The molecule has 1 fully saturated rings. The van der Waals surface area contributed by atoms with Gasteiger partial charge in [-0.3, -0.25) is 14.4 Å². The number of carbonyl (C=O) groups excluding carboxylic acids is 3. The molecular weight excluding hydrogens is 430 g/mol. The van der Waals surface area contributed by atoms with Crippen LogP contribution in [0.15, 0.2) is 54.6 Å². The second-order valence-corrected chi connectivity index (χ2v) is 9.22. The highest BCUT2D eigenvalue weighted by molar-refractivity contribution is 5.98. The summed E-state index contributed by atoms with van der Waals surface area (Å²) in [5.74, 6) is 0.342. The maximum atomic E-state index is 13.2. The number of carbonyl (C=O) groups is 3. The van der Waals surface area contributed by atoms with Crippen LogP contribution < -0.4 is 15.4 Å². The molecule has 3 rings (SSSR count). The van der Waals surface area contributed by atoms with E-state index in [4.69, 9.17) is 4.74 Å². The second-order valence-electron chi connectivity index (χ2n) is 9.22. The van der Waals surface area contributed by atoms with Gasteiger partial charge in [0.25, 0.3) is 11.8 Å². The van der Waals surface area contributed by atoms with Crippen LogP contribution in [0.5, 0.6) is 5.75 Å². The van der Waals surface area contributed by atoms with Crippen LogP contribution in [0.2, 0.25) is 0 Å². The largest absolute Gasteiger partial charge is 0.497 e. The predicted molar refractivity (Wildman–Crippen MR) is 132 cm³/mol.